The standard InChI is InChI=1S/C26H28N10OS/c1-35-12-14-36(15-13-35)25-30-24(29-22-16-21(33-34-22)20-4-2-3-11-27-20)31-26(32-25)38-19-9-7-18(8-10-19)28-23(37)17-5-6-17/h2-4,7-11,16-17H,5-6,12-15H2,1H3,(H,28,37)(H2,29,30,31,32,33,34). The van der Waals surface area contributed by atoms with Gasteiger partial charge in [-0.1, -0.05) is 6.07 Å². The summed E-state index contributed by atoms with van der Waals surface area (Å²) in [5.74, 6) is 1.91. The van der Waals surface area contributed by atoms with Gasteiger partial charge in [-0.2, -0.15) is 20.1 Å². The Morgan fingerprint density at radius 2 is 1.84 bits per heavy atom. The number of anilines is 4. The molecule has 1 aromatic carbocycles. The molecule has 0 radical (unpaired) electrons. The molecule has 0 unspecified atom stereocenters. The zero-order valence-corrected chi connectivity index (χ0v) is 21.8. The maximum Gasteiger partial charge on any atom is 0.234 e. The van der Waals surface area contributed by atoms with E-state index in [0.29, 0.717) is 22.9 Å². The summed E-state index contributed by atoms with van der Waals surface area (Å²) >= 11 is 1.45. The van der Waals surface area contributed by atoms with E-state index in [-0.39, 0.29) is 11.8 Å². The Kier molecular flexibility index (Phi) is 6.88. The summed E-state index contributed by atoms with van der Waals surface area (Å²) in [6, 6.07) is 15.4. The molecule has 12 heteroatoms. The Hall–Kier alpha value is -4.03. The minimum atomic E-state index is 0.0972. The quantitative estimate of drug-likeness (QED) is 0.312. The molecule has 1 saturated carbocycles. The van der Waals surface area contributed by atoms with Crippen molar-refractivity contribution < 1.29 is 4.79 Å². The van der Waals surface area contributed by atoms with Crippen molar-refractivity contribution >= 4 is 41.1 Å². The summed E-state index contributed by atoms with van der Waals surface area (Å²) < 4.78 is 0. The number of benzene rings is 1. The lowest BCUT2D eigenvalue weighted by Crippen LogP contribution is -2.45. The smallest absolute Gasteiger partial charge is 0.234 e. The Labute approximate surface area is 224 Å². The van der Waals surface area contributed by atoms with Crippen LogP contribution in [0.5, 0.6) is 0 Å². The van der Waals surface area contributed by atoms with Crippen molar-refractivity contribution in [3.63, 3.8) is 0 Å². The van der Waals surface area contributed by atoms with Crippen LogP contribution in [0.2, 0.25) is 0 Å². The number of carbonyl (C=O) groups is 1. The van der Waals surface area contributed by atoms with Gasteiger partial charge in [0.15, 0.2) is 11.0 Å². The van der Waals surface area contributed by atoms with Crippen molar-refractivity contribution in [2.75, 3.05) is 48.8 Å². The molecule has 2 aliphatic rings. The minimum Gasteiger partial charge on any atom is -0.338 e. The number of hydrogen-bond acceptors (Lipinski definition) is 10. The minimum absolute atomic E-state index is 0.0972. The number of amides is 1. The van der Waals surface area contributed by atoms with Crippen LogP contribution in [0.1, 0.15) is 12.8 Å². The molecule has 11 nitrogen and oxygen atoms in total. The molecule has 3 N–H and O–H groups in total. The van der Waals surface area contributed by atoms with Gasteiger partial charge in [0.25, 0.3) is 0 Å². The number of carbonyl (C=O) groups excluding carboxylic acids is 1. The lowest BCUT2D eigenvalue weighted by Gasteiger charge is -2.32. The SMILES string of the molecule is CN1CCN(c2nc(Nc3cc(-c4ccccn4)[nH]n3)nc(Sc3ccc(NC(=O)C4CC4)cc3)n2)CC1. The van der Waals surface area contributed by atoms with Crippen LogP contribution in [0.3, 0.4) is 0 Å². The number of nitrogens with one attached hydrogen (secondary N) is 3. The number of likely N-dealkylation sites (N-methyl/N-ethyl adjacent to an activating group) is 1. The molecule has 2 fully saturated rings. The van der Waals surface area contributed by atoms with Gasteiger partial charge >= 0.3 is 0 Å². The van der Waals surface area contributed by atoms with E-state index in [0.717, 1.165) is 61.0 Å². The fourth-order valence-electron chi connectivity index (χ4n) is 4.05. The van der Waals surface area contributed by atoms with Crippen LogP contribution in [0.4, 0.5) is 23.4 Å². The third kappa shape index (κ3) is 5.92. The number of H-pyrrole nitrogens is 1. The zero-order chi connectivity index (χ0) is 25.9. The van der Waals surface area contributed by atoms with Gasteiger partial charge in [0.1, 0.15) is 0 Å². The second-order valence-corrected chi connectivity index (χ2v) is 10.5. The zero-order valence-electron chi connectivity index (χ0n) is 21.0. The van der Waals surface area contributed by atoms with Crippen molar-refractivity contribution in [3.05, 3.63) is 54.7 Å². The predicted molar refractivity (Wildman–Crippen MR) is 147 cm³/mol. The van der Waals surface area contributed by atoms with Crippen LogP contribution < -0.4 is 15.5 Å². The van der Waals surface area contributed by atoms with Gasteiger partial charge < -0.3 is 20.4 Å². The van der Waals surface area contributed by atoms with Gasteiger partial charge in [0.05, 0.1) is 11.4 Å². The first-order valence-corrected chi connectivity index (χ1v) is 13.4. The molecule has 194 valence electrons. The van der Waals surface area contributed by atoms with E-state index < -0.39 is 0 Å². The van der Waals surface area contributed by atoms with E-state index in [2.05, 4.69) is 47.6 Å². The van der Waals surface area contributed by atoms with Gasteiger partial charge in [-0.15, -0.1) is 0 Å². The Morgan fingerprint density at radius 3 is 2.58 bits per heavy atom. The fraction of sp³-hybridized carbons (Fsp3) is 0.308. The van der Waals surface area contributed by atoms with Crippen molar-refractivity contribution in [1.29, 1.82) is 0 Å². The van der Waals surface area contributed by atoms with Crippen LogP contribution in [-0.2, 0) is 4.79 Å². The number of aromatic nitrogens is 6. The second kappa shape index (κ2) is 10.8. The van der Waals surface area contributed by atoms with Crippen LogP contribution in [0, 0.1) is 5.92 Å². The molecule has 6 rings (SSSR count). The highest BCUT2D eigenvalue weighted by Crippen LogP contribution is 2.32. The van der Waals surface area contributed by atoms with E-state index in [9.17, 15) is 4.79 Å². The maximum atomic E-state index is 12.1. The van der Waals surface area contributed by atoms with E-state index in [1.807, 2.05) is 48.5 Å². The summed E-state index contributed by atoms with van der Waals surface area (Å²) in [4.78, 5) is 36.0. The van der Waals surface area contributed by atoms with E-state index in [1.54, 1.807) is 6.20 Å². The fourth-order valence-corrected chi connectivity index (χ4v) is 4.79. The molecule has 4 heterocycles. The third-order valence-corrected chi connectivity index (χ3v) is 7.30. The topological polar surface area (TPSA) is 128 Å². The summed E-state index contributed by atoms with van der Waals surface area (Å²) in [6.45, 7) is 3.56. The number of nitrogens with zero attached hydrogens (tertiary/aromatic N) is 7. The summed E-state index contributed by atoms with van der Waals surface area (Å²) in [5, 5.41) is 14.2. The highest BCUT2D eigenvalue weighted by molar-refractivity contribution is 7.99. The first kappa shape index (κ1) is 24.3. The maximum absolute atomic E-state index is 12.1. The van der Waals surface area contributed by atoms with E-state index in [4.69, 9.17) is 9.97 Å². The number of piperazine rings is 1. The van der Waals surface area contributed by atoms with Crippen LogP contribution >= 0.6 is 11.8 Å². The molecule has 1 aliphatic heterocycles. The summed E-state index contributed by atoms with van der Waals surface area (Å²) in [7, 11) is 2.12. The highest BCUT2D eigenvalue weighted by Gasteiger charge is 2.29. The molecule has 4 aromatic rings. The van der Waals surface area contributed by atoms with Crippen molar-refractivity contribution in [1.82, 2.24) is 35.0 Å². The molecular formula is C26H28N10OS. The Bertz CT molecular complexity index is 1400. The van der Waals surface area contributed by atoms with Gasteiger partial charge in [-0.05, 0) is 68.0 Å². The molecule has 3 aromatic heterocycles. The first-order chi connectivity index (χ1) is 18.6. The van der Waals surface area contributed by atoms with Crippen molar-refractivity contribution in [3.8, 4) is 11.4 Å². The van der Waals surface area contributed by atoms with Crippen molar-refractivity contribution in [2.24, 2.45) is 5.92 Å². The van der Waals surface area contributed by atoms with Crippen LogP contribution in [0.15, 0.2) is 64.8 Å². The number of pyridine rings is 1. The predicted octanol–water partition coefficient (Wildman–Crippen LogP) is 3.65. The van der Waals surface area contributed by atoms with E-state index in [1.165, 1.54) is 11.8 Å². The summed E-state index contributed by atoms with van der Waals surface area (Å²) in [6.07, 6.45) is 3.70. The van der Waals surface area contributed by atoms with Gasteiger partial charge in [0, 0.05) is 54.9 Å². The Morgan fingerprint density at radius 1 is 1.03 bits per heavy atom. The first-order valence-electron chi connectivity index (χ1n) is 12.6. The average Bonchev–Trinajstić information content (AvgIpc) is 3.69. The Balaban J connectivity index is 1.22. The third-order valence-electron chi connectivity index (χ3n) is 6.43. The molecule has 1 amide bonds. The van der Waals surface area contributed by atoms with Crippen molar-refractivity contribution in [2.45, 2.75) is 22.9 Å². The monoisotopic (exact) mass is 528 g/mol. The average molecular weight is 529 g/mol. The molecule has 1 aliphatic carbocycles. The highest BCUT2D eigenvalue weighted by atomic mass is 32.2. The normalized spacial score (nSPS) is 15.9. The molecule has 1 saturated heterocycles. The number of rotatable bonds is 8. The molecule has 0 spiro atoms. The second-order valence-electron chi connectivity index (χ2n) is 9.43. The molecule has 0 bridgehead atoms. The largest absolute Gasteiger partial charge is 0.338 e. The van der Waals surface area contributed by atoms with Crippen LogP contribution in [-0.4, -0.2) is 74.2 Å². The van der Waals surface area contributed by atoms with Crippen LogP contribution in [0.25, 0.3) is 11.4 Å². The van der Waals surface area contributed by atoms with Gasteiger partial charge in [-0.3, -0.25) is 14.9 Å². The molecule has 0 atom stereocenters. The van der Waals surface area contributed by atoms with Gasteiger partial charge in [0.2, 0.25) is 17.8 Å². The van der Waals surface area contributed by atoms with Gasteiger partial charge in [-0.25, -0.2) is 0 Å². The number of hydrogen-bond donors (Lipinski definition) is 3. The summed E-state index contributed by atoms with van der Waals surface area (Å²) in [5.41, 5.74) is 2.39. The molecule has 38 heavy (non-hydrogen) atoms. The lowest BCUT2D eigenvalue weighted by molar-refractivity contribution is -0.117. The lowest BCUT2D eigenvalue weighted by atomic mass is 10.3. The number of aromatic amines is 1. The molecular weight excluding hydrogens is 500 g/mol. The van der Waals surface area contributed by atoms with E-state index >= 15 is 0 Å².